The number of nitrogens with zero attached hydrogens (tertiary/aromatic N) is 2. The van der Waals surface area contributed by atoms with Gasteiger partial charge in [0.05, 0.1) is 6.54 Å². The van der Waals surface area contributed by atoms with Gasteiger partial charge in [-0.3, -0.25) is 0 Å². The smallest absolute Gasteiger partial charge is 0.326 e. The minimum Gasteiger partial charge on any atom is -0.480 e. The largest absolute Gasteiger partial charge is 0.480 e. The number of rotatable bonds is 6. The van der Waals surface area contributed by atoms with Crippen molar-refractivity contribution in [1.82, 2.24) is 20.2 Å². The molecule has 2 amide bonds. The first kappa shape index (κ1) is 15.0. The van der Waals surface area contributed by atoms with E-state index in [-0.39, 0.29) is 12.5 Å². The van der Waals surface area contributed by atoms with Crippen LogP contribution in [-0.4, -0.2) is 32.7 Å². The van der Waals surface area contributed by atoms with Gasteiger partial charge in [0.25, 0.3) is 0 Å². The molecule has 1 aromatic heterocycles. The van der Waals surface area contributed by atoms with E-state index in [1.54, 1.807) is 17.0 Å². The fraction of sp³-hybridized carbons (Fsp3) is 0.583. The summed E-state index contributed by atoms with van der Waals surface area (Å²) in [5.41, 5.74) is 0. The first-order chi connectivity index (χ1) is 8.90. The van der Waals surface area contributed by atoms with Gasteiger partial charge in [-0.1, -0.05) is 13.8 Å². The maximum Gasteiger partial charge on any atom is 0.326 e. The second-order valence-electron chi connectivity index (χ2n) is 4.80. The van der Waals surface area contributed by atoms with E-state index >= 15 is 0 Å². The minimum absolute atomic E-state index is 0.191. The number of imidazole rings is 1. The summed E-state index contributed by atoms with van der Waals surface area (Å²) >= 11 is 0. The highest BCUT2D eigenvalue weighted by Crippen LogP contribution is 2.04. The summed E-state index contributed by atoms with van der Waals surface area (Å²) in [6.45, 7) is 4.07. The predicted molar refractivity (Wildman–Crippen MR) is 69.5 cm³/mol. The van der Waals surface area contributed by atoms with E-state index in [0.717, 1.165) is 0 Å². The number of urea groups is 1. The molecule has 0 aromatic carbocycles. The van der Waals surface area contributed by atoms with E-state index in [0.29, 0.717) is 12.2 Å². The Hall–Kier alpha value is -2.05. The maximum absolute atomic E-state index is 11.6. The lowest BCUT2D eigenvalue weighted by Crippen LogP contribution is -2.46. The van der Waals surface area contributed by atoms with Crippen molar-refractivity contribution < 1.29 is 14.7 Å². The second kappa shape index (κ2) is 6.77. The van der Waals surface area contributed by atoms with E-state index in [2.05, 4.69) is 15.6 Å². The van der Waals surface area contributed by atoms with Crippen molar-refractivity contribution in [2.75, 3.05) is 0 Å². The van der Waals surface area contributed by atoms with Gasteiger partial charge in [-0.25, -0.2) is 14.6 Å². The van der Waals surface area contributed by atoms with E-state index in [9.17, 15) is 9.59 Å². The molecule has 0 radical (unpaired) electrons. The molecule has 0 fully saturated rings. The topological polar surface area (TPSA) is 96.3 Å². The number of carbonyl (C=O) groups is 2. The highest BCUT2D eigenvalue weighted by atomic mass is 16.4. The molecular weight excluding hydrogens is 248 g/mol. The van der Waals surface area contributed by atoms with Gasteiger partial charge in [0.2, 0.25) is 0 Å². The van der Waals surface area contributed by atoms with Crippen LogP contribution in [0.15, 0.2) is 12.4 Å². The van der Waals surface area contributed by atoms with Crippen molar-refractivity contribution in [3.05, 3.63) is 18.2 Å². The molecule has 1 unspecified atom stereocenters. The molecule has 0 aliphatic rings. The quantitative estimate of drug-likeness (QED) is 0.708. The molecule has 7 heteroatoms. The molecule has 0 saturated carbocycles. The predicted octanol–water partition coefficient (Wildman–Crippen LogP) is 0.719. The summed E-state index contributed by atoms with van der Waals surface area (Å²) in [6, 6.07) is -1.38. The number of hydrogen-bond donors (Lipinski definition) is 3. The standard InChI is InChI=1S/C12H20N4O3/c1-8(2)6-9(11(17)18)15-12(19)14-7-10-13-4-5-16(10)3/h4-5,8-9H,6-7H2,1-3H3,(H,17,18)(H2,14,15,19). The molecule has 0 saturated heterocycles. The van der Waals surface area contributed by atoms with Crippen LogP contribution in [0.4, 0.5) is 4.79 Å². The van der Waals surface area contributed by atoms with E-state index in [1.165, 1.54) is 0 Å². The number of nitrogens with one attached hydrogen (secondary N) is 2. The Bertz CT molecular complexity index is 442. The molecular formula is C12H20N4O3. The zero-order chi connectivity index (χ0) is 14.4. The zero-order valence-corrected chi connectivity index (χ0v) is 11.4. The first-order valence-electron chi connectivity index (χ1n) is 6.13. The van der Waals surface area contributed by atoms with Crippen molar-refractivity contribution in [1.29, 1.82) is 0 Å². The second-order valence-corrected chi connectivity index (χ2v) is 4.80. The molecule has 3 N–H and O–H groups in total. The van der Waals surface area contributed by atoms with Crippen molar-refractivity contribution >= 4 is 12.0 Å². The van der Waals surface area contributed by atoms with Gasteiger partial charge >= 0.3 is 12.0 Å². The van der Waals surface area contributed by atoms with Gasteiger partial charge in [-0.15, -0.1) is 0 Å². The Labute approximate surface area is 112 Å². The summed E-state index contributed by atoms with van der Waals surface area (Å²) in [5, 5.41) is 14.0. The number of carboxylic acid groups (broad SMARTS) is 1. The van der Waals surface area contributed by atoms with Gasteiger partial charge in [0, 0.05) is 19.4 Å². The average Bonchev–Trinajstić information content (AvgIpc) is 2.70. The van der Waals surface area contributed by atoms with Crippen LogP contribution in [0.2, 0.25) is 0 Å². The lowest BCUT2D eigenvalue weighted by molar-refractivity contribution is -0.139. The number of aliphatic carboxylic acids is 1. The normalized spacial score (nSPS) is 12.2. The lowest BCUT2D eigenvalue weighted by Gasteiger charge is -2.16. The Kier molecular flexibility index (Phi) is 5.35. The minimum atomic E-state index is -1.03. The van der Waals surface area contributed by atoms with E-state index in [4.69, 9.17) is 5.11 Å². The molecule has 1 heterocycles. The number of carboxylic acids is 1. The number of carbonyl (C=O) groups excluding carboxylic acids is 1. The molecule has 0 bridgehead atoms. The highest BCUT2D eigenvalue weighted by molar-refractivity contribution is 5.82. The zero-order valence-electron chi connectivity index (χ0n) is 11.4. The van der Waals surface area contributed by atoms with Crippen LogP contribution in [0.5, 0.6) is 0 Å². The van der Waals surface area contributed by atoms with E-state index < -0.39 is 18.0 Å². The SMILES string of the molecule is CC(C)CC(NC(=O)NCc1nccn1C)C(=O)O. The van der Waals surface area contributed by atoms with Crippen LogP contribution < -0.4 is 10.6 Å². The van der Waals surface area contributed by atoms with Gasteiger partial charge in [-0.05, 0) is 12.3 Å². The first-order valence-corrected chi connectivity index (χ1v) is 6.13. The van der Waals surface area contributed by atoms with Crippen molar-refractivity contribution in [3.8, 4) is 0 Å². The summed E-state index contributed by atoms with van der Waals surface area (Å²) < 4.78 is 1.78. The van der Waals surface area contributed by atoms with Crippen LogP contribution >= 0.6 is 0 Å². The summed E-state index contributed by atoms with van der Waals surface area (Å²) in [7, 11) is 1.82. The fourth-order valence-corrected chi connectivity index (χ4v) is 1.63. The molecule has 0 aliphatic carbocycles. The summed E-state index contributed by atoms with van der Waals surface area (Å²) in [6.07, 6.45) is 3.80. The van der Waals surface area contributed by atoms with Crippen LogP contribution in [0.25, 0.3) is 0 Å². The Morgan fingerprint density at radius 1 is 1.47 bits per heavy atom. The molecule has 106 valence electrons. The van der Waals surface area contributed by atoms with Gasteiger partial charge < -0.3 is 20.3 Å². The average molecular weight is 268 g/mol. The van der Waals surface area contributed by atoms with Crippen molar-refractivity contribution in [3.63, 3.8) is 0 Å². The van der Waals surface area contributed by atoms with Crippen LogP contribution in [0.3, 0.4) is 0 Å². The monoisotopic (exact) mass is 268 g/mol. The highest BCUT2D eigenvalue weighted by Gasteiger charge is 2.20. The lowest BCUT2D eigenvalue weighted by atomic mass is 10.0. The third kappa shape index (κ3) is 4.99. The molecule has 1 atom stereocenters. The third-order valence-corrected chi connectivity index (χ3v) is 2.64. The number of hydrogen-bond acceptors (Lipinski definition) is 3. The molecule has 1 rings (SSSR count). The molecule has 1 aromatic rings. The fourth-order valence-electron chi connectivity index (χ4n) is 1.63. The summed E-state index contributed by atoms with van der Waals surface area (Å²) in [4.78, 5) is 26.7. The Morgan fingerprint density at radius 3 is 2.63 bits per heavy atom. The molecule has 19 heavy (non-hydrogen) atoms. The summed E-state index contributed by atoms with van der Waals surface area (Å²) in [5.74, 6) is -0.136. The number of aryl methyl sites for hydroxylation is 1. The van der Waals surface area contributed by atoms with Crippen LogP contribution in [0.1, 0.15) is 26.1 Å². The number of aromatic nitrogens is 2. The van der Waals surface area contributed by atoms with Crippen LogP contribution in [-0.2, 0) is 18.4 Å². The van der Waals surface area contributed by atoms with Gasteiger partial charge in [0.1, 0.15) is 11.9 Å². The van der Waals surface area contributed by atoms with Gasteiger partial charge in [0.15, 0.2) is 0 Å². The number of amides is 2. The Morgan fingerprint density at radius 2 is 2.16 bits per heavy atom. The third-order valence-electron chi connectivity index (χ3n) is 2.64. The Balaban J connectivity index is 2.45. The van der Waals surface area contributed by atoms with E-state index in [1.807, 2.05) is 20.9 Å². The molecule has 0 aliphatic heterocycles. The van der Waals surface area contributed by atoms with Crippen molar-refractivity contribution in [2.24, 2.45) is 13.0 Å². The molecule has 7 nitrogen and oxygen atoms in total. The van der Waals surface area contributed by atoms with Crippen molar-refractivity contribution in [2.45, 2.75) is 32.9 Å². The van der Waals surface area contributed by atoms with Crippen LogP contribution in [0, 0.1) is 5.92 Å². The maximum atomic E-state index is 11.6. The molecule has 0 spiro atoms. The van der Waals surface area contributed by atoms with Gasteiger partial charge in [-0.2, -0.15) is 0 Å².